The van der Waals surface area contributed by atoms with E-state index in [2.05, 4.69) is 0 Å². The fourth-order valence-electron chi connectivity index (χ4n) is 5.95. The molecule has 0 fully saturated rings. The van der Waals surface area contributed by atoms with Crippen LogP contribution in [0.4, 0.5) is 13.2 Å². The number of alkyl halides is 2. The highest BCUT2D eigenvalue weighted by atomic mass is 31.2. The van der Waals surface area contributed by atoms with Crippen molar-refractivity contribution in [3.05, 3.63) is 82.4 Å². The van der Waals surface area contributed by atoms with E-state index in [1.807, 2.05) is 0 Å². The van der Waals surface area contributed by atoms with E-state index < -0.39 is 50.2 Å². The summed E-state index contributed by atoms with van der Waals surface area (Å²) in [4.78, 5) is 19.1. The number of amides is 1. The molecular weight excluding hydrogens is 538 g/mol. The van der Waals surface area contributed by atoms with Crippen LogP contribution >= 0.6 is 7.14 Å². The van der Waals surface area contributed by atoms with Crippen LogP contribution < -0.4 is 4.74 Å². The maximum Gasteiger partial charge on any atom is 0.387 e. The SMILES string of the molecule is [2H]C([2H])([2H])N1C(=O)c2cccc(OC(F)F)c2[C@H]2C[C@@H]1c1nc3ccc(-c4ccc(C(C)P(C)(C)=O)c(F)c4C)cc3n12. The molecule has 3 heterocycles. The van der Waals surface area contributed by atoms with E-state index >= 15 is 4.39 Å². The first-order valence-corrected chi connectivity index (χ1v) is 15.5. The standard InChI is InChI=1S/C30H29F3N3O3P/c1-15-18(10-11-19(27(15)31)16(2)40(4,5)38)17-9-12-21-22(13-17)36-23-14-24(28(36)34-21)35(3)29(37)20-7-6-8-25(26(20)23)39-30(32)33/h6-13,16,23-24,30H,14H2,1-5H3/t16?,23-,24-/m1/s1/i3D3. The number of ether oxygens (including phenoxy) is 1. The molecule has 0 radical (unpaired) electrons. The number of hydrogen-bond acceptors (Lipinski definition) is 4. The predicted octanol–water partition coefficient (Wildman–Crippen LogP) is 7.56. The Morgan fingerprint density at radius 1 is 1.12 bits per heavy atom. The lowest BCUT2D eigenvalue weighted by Gasteiger charge is -2.24. The van der Waals surface area contributed by atoms with Crippen molar-refractivity contribution in [3.63, 3.8) is 0 Å². The maximum absolute atomic E-state index is 15.6. The number of benzene rings is 3. The van der Waals surface area contributed by atoms with Crippen LogP contribution in [0, 0.1) is 12.7 Å². The normalized spacial score (nSPS) is 20.6. The Morgan fingerprint density at radius 2 is 1.90 bits per heavy atom. The predicted molar refractivity (Wildman–Crippen MR) is 148 cm³/mol. The molecule has 6 rings (SSSR count). The molecule has 1 aromatic heterocycles. The van der Waals surface area contributed by atoms with Crippen molar-refractivity contribution in [1.29, 1.82) is 0 Å². The summed E-state index contributed by atoms with van der Waals surface area (Å²) in [5, 5.41) is 0. The summed E-state index contributed by atoms with van der Waals surface area (Å²) in [7, 11) is -2.60. The van der Waals surface area contributed by atoms with Gasteiger partial charge in [-0.2, -0.15) is 8.78 Å². The summed E-state index contributed by atoms with van der Waals surface area (Å²) in [5.74, 6) is -1.15. The van der Waals surface area contributed by atoms with Gasteiger partial charge in [-0.05, 0) is 66.8 Å². The molecule has 0 aliphatic carbocycles. The van der Waals surface area contributed by atoms with Gasteiger partial charge in [0.05, 0.1) is 30.3 Å². The molecule has 2 aliphatic heterocycles. The van der Waals surface area contributed by atoms with Crippen molar-refractivity contribution in [3.8, 4) is 16.9 Å². The van der Waals surface area contributed by atoms with E-state index in [0.29, 0.717) is 39.1 Å². The Bertz CT molecular complexity index is 1850. The lowest BCUT2D eigenvalue weighted by Crippen LogP contribution is -2.30. The summed E-state index contributed by atoms with van der Waals surface area (Å²) in [6.45, 7) is 0.666. The lowest BCUT2D eigenvalue weighted by atomic mass is 9.95. The molecule has 1 unspecified atom stereocenters. The maximum atomic E-state index is 15.6. The Balaban J connectivity index is 1.56. The number of fused-ring (bicyclic) bond motifs is 9. The minimum atomic E-state index is -3.16. The molecule has 0 spiro atoms. The fraction of sp³-hybridized carbons (Fsp3) is 0.333. The van der Waals surface area contributed by atoms with Gasteiger partial charge < -0.3 is 18.8 Å². The van der Waals surface area contributed by atoms with Crippen molar-refractivity contribution >= 4 is 24.1 Å². The number of nitrogens with zero attached hydrogens (tertiary/aromatic N) is 3. The van der Waals surface area contributed by atoms with Crippen LogP contribution in [0.15, 0.2) is 48.5 Å². The van der Waals surface area contributed by atoms with Crippen LogP contribution in [0.5, 0.6) is 5.75 Å². The molecule has 2 bridgehead atoms. The monoisotopic (exact) mass is 570 g/mol. The summed E-state index contributed by atoms with van der Waals surface area (Å²) in [5.41, 5.74) is 2.77. The van der Waals surface area contributed by atoms with Crippen LogP contribution in [-0.4, -0.2) is 47.3 Å². The molecule has 0 N–H and O–H groups in total. The van der Waals surface area contributed by atoms with E-state index in [-0.39, 0.29) is 23.3 Å². The Kier molecular flexibility index (Phi) is 5.34. The van der Waals surface area contributed by atoms with Crippen molar-refractivity contribution in [2.45, 2.75) is 44.6 Å². The third-order valence-electron chi connectivity index (χ3n) is 8.26. The van der Waals surface area contributed by atoms with E-state index in [9.17, 15) is 18.1 Å². The van der Waals surface area contributed by atoms with Gasteiger partial charge in [0.1, 0.15) is 17.4 Å². The number of carbonyl (C=O) groups is 1. The Labute approximate surface area is 234 Å². The topological polar surface area (TPSA) is 64.4 Å². The number of halogens is 3. The molecule has 10 heteroatoms. The van der Waals surface area contributed by atoms with Crippen LogP contribution in [0.3, 0.4) is 0 Å². The summed E-state index contributed by atoms with van der Waals surface area (Å²) in [6.07, 6.45) is 0.0948. The Morgan fingerprint density at radius 3 is 2.60 bits per heavy atom. The molecule has 3 aromatic carbocycles. The molecule has 4 aromatic rings. The summed E-state index contributed by atoms with van der Waals surface area (Å²) in [6, 6.07) is 11.2. The molecule has 6 nitrogen and oxygen atoms in total. The third-order valence-corrected chi connectivity index (χ3v) is 10.4. The van der Waals surface area contributed by atoms with Gasteiger partial charge >= 0.3 is 6.61 Å². The van der Waals surface area contributed by atoms with Gasteiger partial charge in [-0.1, -0.05) is 31.2 Å². The molecular formula is C30H29F3N3O3P. The zero-order chi connectivity index (χ0) is 31.2. The van der Waals surface area contributed by atoms with Gasteiger partial charge in [-0.3, -0.25) is 4.79 Å². The lowest BCUT2D eigenvalue weighted by molar-refractivity contribution is -0.0507. The van der Waals surface area contributed by atoms with Gasteiger partial charge in [-0.15, -0.1) is 0 Å². The molecule has 40 heavy (non-hydrogen) atoms. The molecule has 0 saturated carbocycles. The van der Waals surface area contributed by atoms with Crippen molar-refractivity contribution in [2.24, 2.45) is 0 Å². The zero-order valence-electron chi connectivity index (χ0n) is 25.3. The third kappa shape index (κ3) is 3.97. The van der Waals surface area contributed by atoms with E-state index in [1.165, 1.54) is 18.2 Å². The van der Waals surface area contributed by atoms with Crippen LogP contribution in [0.1, 0.15) is 68.1 Å². The van der Waals surface area contributed by atoms with Gasteiger partial charge in [0.25, 0.3) is 5.91 Å². The first-order chi connectivity index (χ1) is 20.1. The number of hydrogen-bond donors (Lipinski definition) is 0. The van der Waals surface area contributed by atoms with Crippen molar-refractivity contribution in [1.82, 2.24) is 14.5 Å². The van der Waals surface area contributed by atoms with E-state index in [4.69, 9.17) is 13.8 Å². The van der Waals surface area contributed by atoms with Gasteiger partial charge in [0, 0.05) is 34.3 Å². The van der Waals surface area contributed by atoms with Crippen molar-refractivity contribution in [2.75, 3.05) is 20.3 Å². The Hall–Kier alpha value is -3.58. The molecule has 208 valence electrons. The summed E-state index contributed by atoms with van der Waals surface area (Å²) < 4.78 is 86.3. The van der Waals surface area contributed by atoms with Crippen LogP contribution in [-0.2, 0) is 4.57 Å². The molecule has 2 aliphatic rings. The van der Waals surface area contributed by atoms with Crippen LogP contribution in [0.25, 0.3) is 22.2 Å². The quantitative estimate of drug-likeness (QED) is 0.232. The van der Waals surface area contributed by atoms with Crippen LogP contribution in [0.2, 0.25) is 0 Å². The molecule has 1 amide bonds. The molecule has 3 atom stereocenters. The largest absolute Gasteiger partial charge is 0.434 e. The number of carbonyl (C=O) groups excluding carboxylic acids is 1. The van der Waals surface area contributed by atoms with Gasteiger partial charge in [0.2, 0.25) is 0 Å². The number of rotatable bonds is 5. The fourth-order valence-corrected chi connectivity index (χ4v) is 6.82. The van der Waals surface area contributed by atoms with E-state index in [1.54, 1.807) is 62.1 Å². The number of imidazole rings is 1. The first kappa shape index (κ1) is 23.2. The average molecular weight is 571 g/mol. The highest BCUT2D eigenvalue weighted by Gasteiger charge is 2.45. The second-order valence-corrected chi connectivity index (χ2v) is 14.5. The minimum Gasteiger partial charge on any atom is -0.434 e. The zero-order valence-corrected chi connectivity index (χ0v) is 23.2. The minimum absolute atomic E-state index is 0.0304. The molecule has 0 saturated heterocycles. The second kappa shape index (κ2) is 9.23. The van der Waals surface area contributed by atoms with Crippen molar-refractivity contribution < 1.29 is 31.4 Å². The highest BCUT2D eigenvalue weighted by Crippen LogP contribution is 2.54. The number of aromatic nitrogens is 2. The summed E-state index contributed by atoms with van der Waals surface area (Å²) >= 11 is 0. The van der Waals surface area contributed by atoms with Gasteiger partial charge in [-0.25, -0.2) is 9.37 Å². The average Bonchev–Trinajstić information content (AvgIpc) is 3.41. The van der Waals surface area contributed by atoms with Gasteiger partial charge in [0.15, 0.2) is 0 Å². The first-order valence-electron chi connectivity index (χ1n) is 14.4. The van der Waals surface area contributed by atoms with E-state index in [0.717, 1.165) is 4.90 Å². The highest BCUT2D eigenvalue weighted by molar-refractivity contribution is 7.62. The smallest absolute Gasteiger partial charge is 0.387 e. The second-order valence-electron chi connectivity index (χ2n) is 10.8.